The first-order chi connectivity index (χ1) is 16.9. The van der Waals surface area contributed by atoms with Crippen LogP contribution >= 0.6 is 11.8 Å². The number of carbonyl (C=O) groups excluding carboxylic acids is 3. The highest BCUT2D eigenvalue weighted by atomic mass is 32.2. The van der Waals surface area contributed by atoms with E-state index in [2.05, 4.69) is 9.88 Å². The number of nitrogens with zero attached hydrogens (tertiary/aromatic N) is 5. The molecule has 0 unspecified atom stereocenters. The van der Waals surface area contributed by atoms with Gasteiger partial charge in [-0.2, -0.15) is 13.2 Å². The minimum absolute atomic E-state index is 0.00653. The summed E-state index contributed by atoms with van der Waals surface area (Å²) >= 11 is -0.272. The zero-order valence-electron chi connectivity index (χ0n) is 20.1. The molecule has 0 radical (unpaired) electrons. The maximum Gasteiger partial charge on any atom is 0.446 e. The van der Waals surface area contributed by atoms with Crippen molar-refractivity contribution < 1.29 is 27.6 Å². The molecule has 4 amide bonds. The molecule has 8 nitrogen and oxygen atoms in total. The topological polar surface area (TPSA) is 77.1 Å². The number of pyridine rings is 1. The Hall–Kier alpha value is -3.12. The van der Waals surface area contributed by atoms with E-state index in [-0.39, 0.29) is 34.8 Å². The summed E-state index contributed by atoms with van der Waals surface area (Å²) in [6.07, 6.45) is 3.00. The van der Waals surface area contributed by atoms with Crippen LogP contribution in [0.3, 0.4) is 0 Å². The first-order valence-electron chi connectivity index (χ1n) is 11.3. The number of rotatable bonds is 5. The molecular formula is C24H26F3N5O3S. The lowest BCUT2D eigenvalue weighted by molar-refractivity contribution is -0.123. The van der Waals surface area contributed by atoms with Crippen LogP contribution in [0.2, 0.25) is 0 Å². The van der Waals surface area contributed by atoms with Crippen molar-refractivity contribution in [2.75, 3.05) is 38.1 Å². The van der Waals surface area contributed by atoms with E-state index in [0.29, 0.717) is 24.2 Å². The third kappa shape index (κ3) is 5.19. The molecule has 0 atom stereocenters. The van der Waals surface area contributed by atoms with Crippen molar-refractivity contribution in [2.24, 2.45) is 0 Å². The molecule has 0 spiro atoms. The van der Waals surface area contributed by atoms with E-state index < -0.39 is 23.0 Å². The zero-order valence-corrected chi connectivity index (χ0v) is 20.9. The molecule has 2 aromatic rings. The first-order valence-corrected chi connectivity index (χ1v) is 12.1. The van der Waals surface area contributed by atoms with Gasteiger partial charge in [0.2, 0.25) is 0 Å². The van der Waals surface area contributed by atoms with E-state index in [1.54, 1.807) is 24.8 Å². The van der Waals surface area contributed by atoms with E-state index in [9.17, 15) is 27.6 Å². The number of anilines is 1. The second-order valence-electron chi connectivity index (χ2n) is 9.24. The minimum atomic E-state index is -4.44. The largest absolute Gasteiger partial charge is 0.446 e. The predicted molar refractivity (Wildman–Crippen MR) is 128 cm³/mol. The van der Waals surface area contributed by atoms with Crippen LogP contribution in [0.5, 0.6) is 0 Å². The number of thioether (sulfide) groups is 1. The molecule has 2 saturated heterocycles. The SMILES string of the molecule is CN1CCN(C(=O)c2cnccc2CN2C(=O)N(c3ccc(SC(F)(F)F)cc3)C(=O)C2(C)C)CC1. The van der Waals surface area contributed by atoms with Gasteiger partial charge in [0.15, 0.2) is 0 Å². The number of piperazine rings is 1. The van der Waals surface area contributed by atoms with Gasteiger partial charge in [0.25, 0.3) is 11.8 Å². The molecule has 3 heterocycles. The van der Waals surface area contributed by atoms with Crippen LogP contribution in [-0.2, 0) is 11.3 Å². The highest BCUT2D eigenvalue weighted by Crippen LogP contribution is 2.39. The number of hydrogen-bond donors (Lipinski definition) is 0. The number of benzene rings is 1. The molecule has 192 valence electrons. The summed E-state index contributed by atoms with van der Waals surface area (Å²) < 4.78 is 38.0. The minimum Gasteiger partial charge on any atom is -0.336 e. The summed E-state index contributed by atoms with van der Waals surface area (Å²) in [6.45, 7) is 5.85. The van der Waals surface area contributed by atoms with Crippen LogP contribution < -0.4 is 4.90 Å². The Morgan fingerprint density at radius 3 is 2.31 bits per heavy atom. The standard InChI is InChI=1S/C24H26F3N5O3S/c1-23(2)21(34)32(17-4-6-18(7-5-17)36-24(25,26)27)22(35)31(23)15-16-8-9-28-14-19(16)20(33)30-12-10-29(3)11-13-30/h4-9,14H,10-13,15H2,1-3H3. The Labute approximate surface area is 211 Å². The molecular weight excluding hydrogens is 495 g/mol. The lowest BCUT2D eigenvalue weighted by Gasteiger charge is -2.33. The van der Waals surface area contributed by atoms with Crippen molar-refractivity contribution in [2.45, 2.75) is 36.3 Å². The molecule has 2 aliphatic heterocycles. The highest BCUT2D eigenvalue weighted by molar-refractivity contribution is 8.00. The van der Waals surface area contributed by atoms with Crippen LogP contribution in [-0.4, -0.2) is 81.8 Å². The fourth-order valence-electron chi connectivity index (χ4n) is 4.23. The molecule has 2 aliphatic rings. The summed E-state index contributed by atoms with van der Waals surface area (Å²) in [7, 11) is 1.99. The summed E-state index contributed by atoms with van der Waals surface area (Å²) in [5.74, 6) is -0.693. The van der Waals surface area contributed by atoms with Gasteiger partial charge in [-0.15, -0.1) is 0 Å². The van der Waals surface area contributed by atoms with Crippen molar-refractivity contribution in [3.8, 4) is 0 Å². The number of amides is 4. The molecule has 0 N–H and O–H groups in total. The number of hydrogen-bond acceptors (Lipinski definition) is 6. The normalized spacial score (nSPS) is 18.8. The van der Waals surface area contributed by atoms with Gasteiger partial charge in [-0.3, -0.25) is 14.6 Å². The lowest BCUT2D eigenvalue weighted by Crippen LogP contribution is -2.47. The Balaban J connectivity index is 1.57. The Morgan fingerprint density at radius 1 is 1.06 bits per heavy atom. The summed E-state index contributed by atoms with van der Waals surface area (Å²) in [4.78, 5) is 50.1. The van der Waals surface area contributed by atoms with E-state index in [1.807, 2.05) is 7.05 Å². The number of carbonyl (C=O) groups is 3. The summed E-state index contributed by atoms with van der Waals surface area (Å²) in [5.41, 5.74) is -4.58. The van der Waals surface area contributed by atoms with Crippen molar-refractivity contribution in [1.29, 1.82) is 0 Å². The number of urea groups is 1. The van der Waals surface area contributed by atoms with E-state index in [0.717, 1.165) is 18.0 Å². The molecule has 4 rings (SSSR count). The summed E-state index contributed by atoms with van der Waals surface area (Å²) in [6, 6.07) is 6.12. The van der Waals surface area contributed by atoms with Gasteiger partial charge in [-0.25, -0.2) is 9.69 Å². The van der Waals surface area contributed by atoms with Gasteiger partial charge in [-0.05, 0) is 68.6 Å². The molecule has 2 fully saturated rings. The average molecular weight is 522 g/mol. The summed E-state index contributed by atoms with van der Waals surface area (Å²) in [5, 5.41) is 0. The van der Waals surface area contributed by atoms with Crippen LogP contribution in [0, 0.1) is 0 Å². The van der Waals surface area contributed by atoms with Crippen molar-refractivity contribution in [3.05, 3.63) is 53.9 Å². The van der Waals surface area contributed by atoms with E-state index in [4.69, 9.17) is 0 Å². The molecule has 0 bridgehead atoms. The first kappa shape index (κ1) is 26.0. The molecule has 0 aliphatic carbocycles. The number of aromatic nitrogens is 1. The van der Waals surface area contributed by atoms with Crippen LogP contribution in [0.15, 0.2) is 47.6 Å². The quantitative estimate of drug-likeness (QED) is 0.440. The fourth-order valence-corrected chi connectivity index (χ4v) is 4.77. The van der Waals surface area contributed by atoms with Gasteiger partial charge in [0.1, 0.15) is 5.54 Å². The average Bonchev–Trinajstić information content (AvgIpc) is 2.98. The van der Waals surface area contributed by atoms with Crippen molar-refractivity contribution in [1.82, 2.24) is 19.7 Å². The number of alkyl halides is 3. The number of halogens is 3. The zero-order chi connectivity index (χ0) is 26.3. The van der Waals surface area contributed by atoms with Gasteiger partial charge >= 0.3 is 11.5 Å². The second kappa shape index (κ2) is 9.74. The highest BCUT2D eigenvalue weighted by Gasteiger charge is 2.52. The van der Waals surface area contributed by atoms with Crippen molar-refractivity contribution in [3.63, 3.8) is 0 Å². The fraction of sp³-hybridized carbons (Fsp3) is 0.417. The molecule has 0 saturated carbocycles. The van der Waals surface area contributed by atoms with Crippen LogP contribution in [0.1, 0.15) is 29.8 Å². The smallest absolute Gasteiger partial charge is 0.336 e. The van der Waals surface area contributed by atoms with Gasteiger partial charge in [0.05, 0.1) is 11.3 Å². The number of likely N-dealkylation sites (N-methyl/N-ethyl adjacent to an activating group) is 1. The van der Waals surface area contributed by atoms with Crippen LogP contribution in [0.4, 0.5) is 23.7 Å². The van der Waals surface area contributed by atoms with E-state index >= 15 is 0 Å². The third-order valence-electron chi connectivity index (χ3n) is 6.41. The Bertz CT molecular complexity index is 1160. The van der Waals surface area contributed by atoms with E-state index in [1.165, 1.54) is 41.6 Å². The molecule has 1 aromatic heterocycles. The van der Waals surface area contributed by atoms with Gasteiger partial charge in [-0.1, -0.05) is 0 Å². The predicted octanol–water partition coefficient (Wildman–Crippen LogP) is 3.83. The second-order valence-corrected chi connectivity index (χ2v) is 10.4. The monoisotopic (exact) mass is 521 g/mol. The molecule has 36 heavy (non-hydrogen) atoms. The Kier molecular flexibility index (Phi) is 7.02. The maximum absolute atomic E-state index is 13.4. The van der Waals surface area contributed by atoms with Gasteiger partial charge in [0, 0.05) is 50.0 Å². The third-order valence-corrected chi connectivity index (χ3v) is 7.15. The molecule has 1 aromatic carbocycles. The molecule has 12 heteroatoms. The Morgan fingerprint density at radius 2 is 1.69 bits per heavy atom. The lowest BCUT2D eigenvalue weighted by atomic mass is 10.0. The van der Waals surface area contributed by atoms with Gasteiger partial charge < -0.3 is 14.7 Å². The number of imide groups is 1. The maximum atomic E-state index is 13.4. The van der Waals surface area contributed by atoms with Crippen molar-refractivity contribution >= 4 is 35.3 Å². The van der Waals surface area contributed by atoms with Crippen LogP contribution in [0.25, 0.3) is 0 Å².